The maximum atomic E-state index is 12.2. The van der Waals surface area contributed by atoms with Gasteiger partial charge in [-0.25, -0.2) is 13.4 Å². The summed E-state index contributed by atoms with van der Waals surface area (Å²) in [6.07, 6.45) is 0.426. The summed E-state index contributed by atoms with van der Waals surface area (Å²) in [6, 6.07) is 0. The van der Waals surface area contributed by atoms with Crippen LogP contribution >= 0.6 is 11.3 Å². The largest absolute Gasteiger partial charge is 0.469 e. The van der Waals surface area contributed by atoms with Gasteiger partial charge in [-0.05, 0) is 13.3 Å². The summed E-state index contributed by atoms with van der Waals surface area (Å²) >= 11 is 1.58. The molecule has 0 unspecified atom stereocenters. The molecule has 2 rings (SSSR count). The van der Waals surface area contributed by atoms with E-state index in [-0.39, 0.29) is 18.1 Å². The second-order valence-electron chi connectivity index (χ2n) is 5.15. The lowest BCUT2D eigenvalue weighted by Gasteiger charge is -2.33. The predicted molar refractivity (Wildman–Crippen MR) is 85.7 cm³/mol. The van der Waals surface area contributed by atoms with Gasteiger partial charge in [0.05, 0.1) is 18.6 Å². The number of piperazine rings is 1. The Morgan fingerprint density at radius 1 is 1.36 bits per heavy atom. The van der Waals surface area contributed by atoms with Crippen molar-refractivity contribution in [2.75, 3.05) is 43.9 Å². The van der Waals surface area contributed by atoms with E-state index in [1.165, 1.54) is 11.4 Å². The van der Waals surface area contributed by atoms with Crippen molar-refractivity contribution in [2.24, 2.45) is 0 Å². The van der Waals surface area contributed by atoms with Crippen LogP contribution in [0, 0.1) is 6.92 Å². The number of sulfonamides is 1. The van der Waals surface area contributed by atoms with E-state index in [4.69, 9.17) is 0 Å². The average molecular weight is 347 g/mol. The van der Waals surface area contributed by atoms with Gasteiger partial charge in [-0.3, -0.25) is 4.79 Å². The van der Waals surface area contributed by atoms with Crippen molar-refractivity contribution in [1.82, 2.24) is 9.29 Å². The molecule has 22 heavy (non-hydrogen) atoms. The Balaban J connectivity index is 1.83. The third-order valence-electron chi connectivity index (χ3n) is 3.52. The highest BCUT2D eigenvalue weighted by atomic mass is 32.2. The Kier molecular flexibility index (Phi) is 5.76. The maximum absolute atomic E-state index is 12.2. The van der Waals surface area contributed by atoms with Gasteiger partial charge in [0.25, 0.3) is 0 Å². The molecule has 0 radical (unpaired) electrons. The monoisotopic (exact) mass is 347 g/mol. The van der Waals surface area contributed by atoms with Gasteiger partial charge < -0.3 is 9.64 Å². The fraction of sp³-hybridized carbons (Fsp3) is 0.692. The summed E-state index contributed by atoms with van der Waals surface area (Å²) < 4.78 is 30.5. The zero-order chi connectivity index (χ0) is 16.2. The maximum Gasteiger partial charge on any atom is 0.305 e. The van der Waals surface area contributed by atoms with Crippen LogP contribution < -0.4 is 4.90 Å². The Labute approximate surface area is 134 Å². The van der Waals surface area contributed by atoms with E-state index in [0.29, 0.717) is 32.6 Å². The lowest BCUT2D eigenvalue weighted by atomic mass is 10.3. The Hall–Kier alpha value is -1.19. The van der Waals surface area contributed by atoms with Gasteiger partial charge in [-0.1, -0.05) is 0 Å². The molecule has 1 aliphatic heterocycles. The third-order valence-corrected chi connectivity index (χ3v) is 6.50. The van der Waals surface area contributed by atoms with Crippen LogP contribution in [0.4, 0.5) is 5.13 Å². The molecule has 2 heterocycles. The van der Waals surface area contributed by atoms with Crippen LogP contribution in [0.3, 0.4) is 0 Å². The Morgan fingerprint density at radius 3 is 2.59 bits per heavy atom. The number of hydrogen-bond acceptors (Lipinski definition) is 7. The van der Waals surface area contributed by atoms with E-state index in [9.17, 15) is 13.2 Å². The number of hydrogen-bond donors (Lipinski definition) is 0. The van der Waals surface area contributed by atoms with Gasteiger partial charge in [-0.2, -0.15) is 4.31 Å². The standard InChI is InChI=1S/C13H21N3O4S2/c1-11-10-21-13(14-11)15-5-7-16(8-6-15)22(18,19)9-3-4-12(17)20-2/h10H,3-9H2,1-2H3. The molecule has 1 aromatic rings. The van der Waals surface area contributed by atoms with Crippen LogP contribution in [-0.4, -0.2) is 62.7 Å². The molecule has 0 atom stereocenters. The average Bonchev–Trinajstić information content (AvgIpc) is 2.93. The molecular formula is C13H21N3O4S2. The van der Waals surface area contributed by atoms with E-state index in [2.05, 4.69) is 14.6 Å². The van der Waals surface area contributed by atoms with Crippen LogP contribution in [0.5, 0.6) is 0 Å². The van der Waals surface area contributed by atoms with E-state index in [1.807, 2.05) is 12.3 Å². The molecule has 1 aromatic heterocycles. The lowest BCUT2D eigenvalue weighted by Crippen LogP contribution is -2.49. The van der Waals surface area contributed by atoms with Crippen LogP contribution in [0.15, 0.2) is 5.38 Å². The zero-order valence-corrected chi connectivity index (χ0v) is 14.5. The minimum Gasteiger partial charge on any atom is -0.469 e. The molecule has 0 spiro atoms. The number of esters is 1. The predicted octanol–water partition coefficient (Wildman–Crippen LogP) is 0.857. The quantitative estimate of drug-likeness (QED) is 0.710. The first-order valence-electron chi connectivity index (χ1n) is 7.14. The molecule has 1 saturated heterocycles. The number of anilines is 1. The molecule has 0 aromatic carbocycles. The molecule has 0 bridgehead atoms. The summed E-state index contributed by atoms with van der Waals surface area (Å²) in [5.74, 6) is -0.391. The van der Waals surface area contributed by atoms with Crippen LogP contribution in [0.25, 0.3) is 0 Å². The van der Waals surface area contributed by atoms with E-state index in [1.54, 1.807) is 11.3 Å². The summed E-state index contributed by atoms with van der Waals surface area (Å²) in [6.45, 7) is 4.15. The molecule has 1 aliphatic rings. The number of thiazole rings is 1. The van der Waals surface area contributed by atoms with Crippen LogP contribution in [0.1, 0.15) is 18.5 Å². The minimum absolute atomic E-state index is 0.0154. The number of methoxy groups -OCH3 is 1. The summed E-state index contributed by atoms with van der Waals surface area (Å²) in [5, 5.41) is 2.94. The van der Waals surface area contributed by atoms with Gasteiger partial charge in [-0.15, -0.1) is 11.3 Å². The van der Waals surface area contributed by atoms with Crippen molar-refractivity contribution < 1.29 is 17.9 Å². The van der Waals surface area contributed by atoms with Gasteiger partial charge in [0, 0.05) is 38.0 Å². The fourth-order valence-corrected chi connectivity index (χ4v) is 4.62. The molecule has 124 valence electrons. The Morgan fingerprint density at radius 2 is 2.05 bits per heavy atom. The third kappa shape index (κ3) is 4.40. The molecule has 9 heteroatoms. The van der Waals surface area contributed by atoms with Gasteiger partial charge >= 0.3 is 5.97 Å². The highest BCUT2D eigenvalue weighted by Gasteiger charge is 2.27. The van der Waals surface area contributed by atoms with Crippen molar-refractivity contribution in [3.05, 3.63) is 11.1 Å². The number of ether oxygens (including phenoxy) is 1. The number of carbonyl (C=O) groups excluding carboxylic acids is 1. The first-order chi connectivity index (χ1) is 10.4. The minimum atomic E-state index is -3.31. The molecule has 0 amide bonds. The molecular weight excluding hydrogens is 326 g/mol. The van der Waals surface area contributed by atoms with E-state index in [0.717, 1.165) is 10.8 Å². The van der Waals surface area contributed by atoms with E-state index < -0.39 is 10.0 Å². The number of nitrogens with zero attached hydrogens (tertiary/aromatic N) is 3. The number of rotatable bonds is 6. The SMILES string of the molecule is COC(=O)CCCS(=O)(=O)N1CCN(c2nc(C)cs2)CC1. The van der Waals surface area contributed by atoms with Crippen molar-refractivity contribution >= 4 is 32.5 Å². The number of carbonyl (C=O) groups is 1. The fourth-order valence-electron chi connectivity index (χ4n) is 2.27. The molecule has 7 nitrogen and oxygen atoms in total. The second kappa shape index (κ2) is 7.38. The highest BCUT2D eigenvalue weighted by Crippen LogP contribution is 2.22. The molecule has 0 N–H and O–H groups in total. The zero-order valence-electron chi connectivity index (χ0n) is 12.8. The summed E-state index contributed by atoms with van der Waals surface area (Å²) in [4.78, 5) is 17.6. The normalized spacial score (nSPS) is 16.7. The van der Waals surface area contributed by atoms with E-state index >= 15 is 0 Å². The summed E-state index contributed by atoms with van der Waals surface area (Å²) in [5.41, 5.74) is 0.984. The number of aryl methyl sites for hydroxylation is 1. The van der Waals surface area contributed by atoms with Crippen LogP contribution in [0.2, 0.25) is 0 Å². The Bertz CT molecular complexity index is 607. The topological polar surface area (TPSA) is 79.8 Å². The molecule has 0 aliphatic carbocycles. The molecule has 1 fully saturated rings. The van der Waals surface area contributed by atoms with Crippen molar-refractivity contribution in [1.29, 1.82) is 0 Å². The molecule has 0 saturated carbocycles. The lowest BCUT2D eigenvalue weighted by molar-refractivity contribution is -0.140. The van der Waals surface area contributed by atoms with Gasteiger partial charge in [0.15, 0.2) is 5.13 Å². The van der Waals surface area contributed by atoms with Crippen LogP contribution in [-0.2, 0) is 19.6 Å². The van der Waals surface area contributed by atoms with Crippen molar-refractivity contribution in [3.8, 4) is 0 Å². The van der Waals surface area contributed by atoms with Gasteiger partial charge in [0.1, 0.15) is 0 Å². The summed E-state index contributed by atoms with van der Waals surface area (Å²) in [7, 11) is -2.00. The van der Waals surface area contributed by atoms with Crippen molar-refractivity contribution in [2.45, 2.75) is 19.8 Å². The smallest absolute Gasteiger partial charge is 0.305 e. The van der Waals surface area contributed by atoms with Crippen molar-refractivity contribution in [3.63, 3.8) is 0 Å². The first-order valence-corrected chi connectivity index (χ1v) is 9.63. The number of aromatic nitrogens is 1. The second-order valence-corrected chi connectivity index (χ2v) is 8.08. The first kappa shape index (κ1) is 17.2. The highest BCUT2D eigenvalue weighted by molar-refractivity contribution is 7.89. The van der Waals surface area contributed by atoms with Gasteiger partial charge in [0.2, 0.25) is 10.0 Å².